The topological polar surface area (TPSA) is 138 Å². The highest BCUT2D eigenvalue weighted by Gasteiger charge is 2.44. The van der Waals surface area contributed by atoms with Crippen molar-refractivity contribution in [2.24, 2.45) is 17.6 Å². The Morgan fingerprint density at radius 2 is 1.82 bits per heavy atom. The number of alkyl halides is 1. The lowest BCUT2D eigenvalue weighted by Gasteiger charge is -2.35. The van der Waals surface area contributed by atoms with Crippen molar-refractivity contribution in [3.8, 4) is 5.75 Å². The molecule has 2 amide bonds. The van der Waals surface area contributed by atoms with Gasteiger partial charge in [-0.15, -0.1) is 0 Å². The first-order valence-corrected chi connectivity index (χ1v) is 13.7. The number of anilines is 1. The number of H-pyrrole nitrogens is 1. The maximum absolute atomic E-state index is 13.9. The molecule has 1 aliphatic carbocycles. The van der Waals surface area contributed by atoms with Crippen LogP contribution in [0.1, 0.15) is 54.1 Å². The van der Waals surface area contributed by atoms with Crippen molar-refractivity contribution >= 4 is 34.4 Å². The van der Waals surface area contributed by atoms with E-state index in [9.17, 15) is 23.9 Å². The molecule has 1 aromatic heterocycles. The van der Waals surface area contributed by atoms with Crippen LogP contribution in [-0.2, 0) is 9.59 Å². The lowest BCUT2D eigenvalue weighted by atomic mass is 9.78. The normalized spacial score (nSPS) is 23.6. The van der Waals surface area contributed by atoms with Crippen LogP contribution in [0.2, 0.25) is 0 Å². The fraction of sp³-hybridized carbons (Fsp3) is 0.433. The minimum Gasteiger partial charge on any atom is -0.497 e. The summed E-state index contributed by atoms with van der Waals surface area (Å²) in [5.41, 5.74) is 8.09. The zero-order valence-electron chi connectivity index (χ0n) is 22.4. The summed E-state index contributed by atoms with van der Waals surface area (Å²) in [6.07, 6.45) is 3.29. The number of amides is 2. The number of ether oxygens (including phenoxy) is 1. The van der Waals surface area contributed by atoms with Crippen LogP contribution < -0.4 is 15.8 Å². The standard InChI is InChI=1S/C30H35FN4O5/c1-40-22-9-6-17(7-10-22)23-12-13-35(29(37)19-4-2-18(3-5-19)24(32)16-31)27(23)28(36)33-21-8-11-25-20(14-21)15-26(34-25)30(38)39/h6-11,14-15,18-19,23-24,27,34H,2-5,12-13,16,32H2,1H3,(H,33,36)(H,38,39)/t18?,19?,23-,24-,27+/m1/s1. The van der Waals surface area contributed by atoms with E-state index in [4.69, 9.17) is 10.5 Å². The van der Waals surface area contributed by atoms with Crippen LogP contribution in [0.15, 0.2) is 48.5 Å². The van der Waals surface area contributed by atoms with E-state index in [1.807, 2.05) is 24.3 Å². The summed E-state index contributed by atoms with van der Waals surface area (Å²) < 4.78 is 18.4. The molecule has 10 heteroatoms. The first-order chi connectivity index (χ1) is 19.3. The van der Waals surface area contributed by atoms with Gasteiger partial charge < -0.3 is 30.8 Å². The summed E-state index contributed by atoms with van der Waals surface area (Å²) in [5, 5.41) is 12.9. The van der Waals surface area contributed by atoms with E-state index in [1.165, 1.54) is 6.07 Å². The van der Waals surface area contributed by atoms with Gasteiger partial charge in [-0.05, 0) is 80.0 Å². The van der Waals surface area contributed by atoms with Crippen molar-refractivity contribution in [1.82, 2.24) is 9.88 Å². The van der Waals surface area contributed by atoms with Crippen LogP contribution >= 0.6 is 0 Å². The summed E-state index contributed by atoms with van der Waals surface area (Å²) in [4.78, 5) is 43.5. The van der Waals surface area contributed by atoms with Crippen molar-refractivity contribution in [3.63, 3.8) is 0 Å². The summed E-state index contributed by atoms with van der Waals surface area (Å²) in [6.45, 7) is -0.107. The van der Waals surface area contributed by atoms with E-state index in [1.54, 1.807) is 30.2 Å². The van der Waals surface area contributed by atoms with Crippen LogP contribution in [0.4, 0.5) is 10.1 Å². The molecule has 2 aliphatic rings. The fourth-order valence-corrected chi connectivity index (χ4v) is 6.26. The molecule has 5 rings (SSSR count). The van der Waals surface area contributed by atoms with Crippen molar-refractivity contribution in [2.75, 3.05) is 25.6 Å². The van der Waals surface area contributed by atoms with Gasteiger partial charge in [0.05, 0.1) is 7.11 Å². The number of carboxylic acids is 1. The summed E-state index contributed by atoms with van der Waals surface area (Å²) in [6, 6.07) is 13.0. The van der Waals surface area contributed by atoms with E-state index in [0.717, 1.165) is 5.56 Å². The molecule has 3 atom stereocenters. The van der Waals surface area contributed by atoms with Crippen LogP contribution in [-0.4, -0.2) is 65.2 Å². The number of benzene rings is 2. The zero-order valence-corrected chi connectivity index (χ0v) is 22.4. The third-order valence-corrected chi connectivity index (χ3v) is 8.52. The van der Waals surface area contributed by atoms with E-state index in [0.29, 0.717) is 61.0 Å². The average Bonchev–Trinajstić information content (AvgIpc) is 3.61. The summed E-state index contributed by atoms with van der Waals surface area (Å²) >= 11 is 0. The molecular weight excluding hydrogens is 515 g/mol. The number of hydrogen-bond acceptors (Lipinski definition) is 5. The third kappa shape index (κ3) is 5.54. The Labute approximate surface area is 231 Å². The maximum atomic E-state index is 13.9. The molecule has 1 saturated heterocycles. The molecule has 3 aromatic rings. The Kier molecular flexibility index (Phi) is 8.07. The molecule has 1 saturated carbocycles. The number of halogens is 1. The first-order valence-electron chi connectivity index (χ1n) is 13.7. The number of rotatable bonds is 8. The molecule has 0 radical (unpaired) electrons. The van der Waals surface area contributed by atoms with Crippen LogP contribution in [0, 0.1) is 11.8 Å². The number of nitrogens with two attached hydrogens (primary N) is 1. The molecule has 5 N–H and O–H groups in total. The summed E-state index contributed by atoms with van der Waals surface area (Å²) in [5.74, 6) is -1.06. The number of nitrogens with one attached hydrogen (secondary N) is 2. The minimum atomic E-state index is -1.06. The number of likely N-dealkylation sites (tertiary alicyclic amines) is 1. The predicted molar refractivity (Wildman–Crippen MR) is 149 cm³/mol. The molecule has 0 unspecified atom stereocenters. The number of carbonyl (C=O) groups excluding carboxylic acids is 2. The third-order valence-electron chi connectivity index (χ3n) is 8.52. The maximum Gasteiger partial charge on any atom is 0.352 e. The Hall–Kier alpha value is -3.92. The lowest BCUT2D eigenvalue weighted by molar-refractivity contribution is -0.141. The fourth-order valence-electron chi connectivity index (χ4n) is 6.26. The van der Waals surface area contributed by atoms with Gasteiger partial charge in [0.1, 0.15) is 24.2 Å². The Morgan fingerprint density at radius 3 is 2.48 bits per heavy atom. The van der Waals surface area contributed by atoms with Crippen molar-refractivity contribution in [2.45, 2.75) is 50.1 Å². The van der Waals surface area contributed by atoms with Crippen LogP contribution in [0.3, 0.4) is 0 Å². The number of aromatic nitrogens is 1. The van der Waals surface area contributed by atoms with E-state index in [-0.39, 0.29) is 35.3 Å². The Bertz CT molecular complexity index is 1380. The van der Waals surface area contributed by atoms with Crippen molar-refractivity contribution in [1.29, 1.82) is 0 Å². The van der Waals surface area contributed by atoms with Gasteiger partial charge in [0.25, 0.3) is 0 Å². The van der Waals surface area contributed by atoms with Gasteiger partial charge in [0.2, 0.25) is 11.8 Å². The van der Waals surface area contributed by atoms with Gasteiger partial charge in [-0.25, -0.2) is 9.18 Å². The average molecular weight is 551 g/mol. The van der Waals surface area contributed by atoms with E-state index in [2.05, 4.69) is 10.3 Å². The highest BCUT2D eigenvalue weighted by Crippen LogP contribution is 2.39. The number of methoxy groups -OCH3 is 1. The minimum absolute atomic E-state index is 0.0457. The van der Waals surface area contributed by atoms with Gasteiger partial charge in [0.15, 0.2) is 0 Å². The molecule has 212 valence electrons. The monoisotopic (exact) mass is 550 g/mol. The number of aromatic carboxylic acids is 1. The molecule has 2 heterocycles. The lowest BCUT2D eigenvalue weighted by Crippen LogP contribution is -2.48. The molecular formula is C30H35FN4O5. The number of carbonyl (C=O) groups is 3. The van der Waals surface area contributed by atoms with Crippen LogP contribution in [0.5, 0.6) is 5.75 Å². The van der Waals surface area contributed by atoms with E-state index >= 15 is 0 Å². The Morgan fingerprint density at radius 1 is 1.10 bits per heavy atom. The number of aromatic amines is 1. The largest absolute Gasteiger partial charge is 0.497 e. The molecule has 1 aliphatic heterocycles. The number of hydrogen-bond donors (Lipinski definition) is 4. The SMILES string of the molecule is COc1ccc([C@H]2CCN(C(=O)C3CCC([C@H](N)CF)CC3)[C@@H]2C(=O)Nc2ccc3[nH]c(C(=O)O)cc3c2)cc1. The molecule has 2 aromatic carbocycles. The molecule has 0 bridgehead atoms. The van der Waals surface area contributed by atoms with Gasteiger partial charge in [-0.2, -0.15) is 0 Å². The summed E-state index contributed by atoms with van der Waals surface area (Å²) in [7, 11) is 1.59. The van der Waals surface area contributed by atoms with Crippen molar-refractivity contribution in [3.05, 3.63) is 59.8 Å². The van der Waals surface area contributed by atoms with Gasteiger partial charge >= 0.3 is 5.97 Å². The molecule has 0 spiro atoms. The second-order valence-corrected chi connectivity index (χ2v) is 10.9. The van der Waals surface area contributed by atoms with E-state index < -0.39 is 24.7 Å². The molecule has 2 fully saturated rings. The number of fused-ring (bicyclic) bond motifs is 1. The van der Waals surface area contributed by atoms with Gasteiger partial charge in [0, 0.05) is 41.0 Å². The Balaban J connectivity index is 1.38. The smallest absolute Gasteiger partial charge is 0.352 e. The molecule has 9 nitrogen and oxygen atoms in total. The highest BCUT2D eigenvalue weighted by molar-refractivity contribution is 6.01. The quantitative estimate of drug-likeness (QED) is 0.330. The highest BCUT2D eigenvalue weighted by atomic mass is 19.1. The zero-order chi connectivity index (χ0) is 28.4. The van der Waals surface area contributed by atoms with Gasteiger partial charge in [-0.3, -0.25) is 9.59 Å². The second kappa shape index (κ2) is 11.7. The van der Waals surface area contributed by atoms with Gasteiger partial charge in [-0.1, -0.05) is 12.1 Å². The predicted octanol–water partition coefficient (Wildman–Crippen LogP) is 4.30. The van der Waals surface area contributed by atoms with Crippen molar-refractivity contribution < 1.29 is 28.6 Å². The van der Waals surface area contributed by atoms with Crippen LogP contribution in [0.25, 0.3) is 10.9 Å². The molecule has 40 heavy (non-hydrogen) atoms. The number of carboxylic acid groups (broad SMARTS) is 1. The second-order valence-electron chi connectivity index (χ2n) is 10.9. The number of nitrogens with zero attached hydrogens (tertiary/aromatic N) is 1. The first kappa shape index (κ1) is 27.6.